The van der Waals surface area contributed by atoms with Crippen LogP contribution in [-0.2, 0) is 29.7 Å². The highest BCUT2D eigenvalue weighted by Gasteiger charge is 2.28. The van der Waals surface area contributed by atoms with Crippen molar-refractivity contribution < 1.29 is 28.2 Å². The van der Waals surface area contributed by atoms with Crippen molar-refractivity contribution in [2.45, 2.75) is 58.3 Å². The highest BCUT2D eigenvalue weighted by Crippen LogP contribution is 2.31. The minimum absolute atomic E-state index is 0.0397. The van der Waals surface area contributed by atoms with Crippen molar-refractivity contribution in [3.05, 3.63) is 100 Å². The zero-order valence-corrected chi connectivity index (χ0v) is 25.4. The summed E-state index contributed by atoms with van der Waals surface area (Å²) in [4.78, 5) is 29.9. The first-order valence-corrected chi connectivity index (χ1v) is 14.7. The van der Waals surface area contributed by atoms with Gasteiger partial charge in [-0.1, -0.05) is 26.8 Å². The van der Waals surface area contributed by atoms with Crippen LogP contribution in [0.15, 0.2) is 54.7 Å². The van der Waals surface area contributed by atoms with Crippen molar-refractivity contribution in [2.24, 2.45) is 0 Å². The lowest BCUT2D eigenvalue weighted by Crippen LogP contribution is -2.32. The maximum atomic E-state index is 15.6. The average Bonchev–Trinajstić information content (AvgIpc) is 3.34. The molecule has 1 atom stereocenters. The molecule has 4 aromatic heterocycles. The summed E-state index contributed by atoms with van der Waals surface area (Å²) in [5, 5.41) is 18.9. The zero-order valence-electron chi connectivity index (χ0n) is 25.4. The molecule has 1 N–H and O–H groups in total. The van der Waals surface area contributed by atoms with E-state index in [1.165, 1.54) is 6.20 Å². The molecule has 0 aliphatic carbocycles. The topological polar surface area (TPSA) is 136 Å². The molecule has 234 valence electrons. The van der Waals surface area contributed by atoms with Crippen LogP contribution in [0.1, 0.15) is 65.9 Å². The van der Waals surface area contributed by atoms with Gasteiger partial charge in [0.25, 0.3) is 0 Å². The van der Waals surface area contributed by atoms with E-state index in [4.69, 9.17) is 19.7 Å². The molecule has 1 fully saturated rings. The summed E-state index contributed by atoms with van der Waals surface area (Å²) in [6.07, 6.45) is 2.06. The Morgan fingerprint density at radius 3 is 2.59 bits per heavy atom. The van der Waals surface area contributed by atoms with Crippen LogP contribution >= 0.6 is 0 Å². The second-order valence-corrected chi connectivity index (χ2v) is 12.1. The van der Waals surface area contributed by atoms with Crippen LogP contribution in [0.4, 0.5) is 8.78 Å². The summed E-state index contributed by atoms with van der Waals surface area (Å²) in [6, 6.07) is 14.0. The molecule has 5 aromatic rings. The van der Waals surface area contributed by atoms with Crippen molar-refractivity contribution in [1.29, 1.82) is 5.26 Å². The van der Waals surface area contributed by atoms with E-state index >= 15 is 8.78 Å². The molecule has 1 saturated heterocycles. The third kappa shape index (κ3) is 6.27. The number of nitrogens with zero attached hydrogens (tertiary/aromatic N) is 6. The predicted molar refractivity (Wildman–Crippen MR) is 163 cm³/mol. The van der Waals surface area contributed by atoms with E-state index in [-0.39, 0.29) is 47.5 Å². The lowest BCUT2D eigenvalue weighted by Gasteiger charge is -2.27. The molecule has 0 amide bonds. The fourth-order valence-electron chi connectivity index (χ4n) is 5.25. The van der Waals surface area contributed by atoms with Crippen LogP contribution < -0.4 is 4.74 Å². The lowest BCUT2D eigenvalue weighted by atomic mass is 9.85. The number of benzene rings is 1. The van der Waals surface area contributed by atoms with Gasteiger partial charge in [-0.25, -0.2) is 28.5 Å². The number of carbonyl (C=O) groups is 1. The van der Waals surface area contributed by atoms with Gasteiger partial charge in [-0.2, -0.15) is 5.26 Å². The van der Waals surface area contributed by atoms with E-state index in [2.05, 4.69) is 15.0 Å². The molecule has 0 spiro atoms. The zero-order chi connectivity index (χ0) is 32.6. The van der Waals surface area contributed by atoms with Crippen molar-refractivity contribution in [3.63, 3.8) is 0 Å². The molecule has 1 aromatic carbocycles. The number of halogens is 2. The third-order valence-electron chi connectivity index (χ3n) is 7.80. The minimum atomic E-state index is -1.15. The van der Waals surface area contributed by atoms with Crippen LogP contribution in [-0.4, -0.2) is 48.3 Å². The third-order valence-corrected chi connectivity index (χ3v) is 7.80. The Bertz CT molecular complexity index is 1990. The second-order valence-electron chi connectivity index (χ2n) is 12.1. The number of aromatic carboxylic acids is 1. The number of fused-ring (bicyclic) bond motifs is 1. The molecule has 0 saturated carbocycles. The Hall–Kier alpha value is -5.28. The number of nitriles is 1. The monoisotopic (exact) mass is 624 g/mol. The molecule has 46 heavy (non-hydrogen) atoms. The largest absolute Gasteiger partial charge is 0.477 e. The summed E-state index contributed by atoms with van der Waals surface area (Å²) in [6.45, 7) is 6.72. The van der Waals surface area contributed by atoms with E-state index in [1.54, 1.807) is 41.0 Å². The smallest absolute Gasteiger partial charge is 0.354 e. The number of carboxylic acid groups (broad SMARTS) is 1. The van der Waals surface area contributed by atoms with Crippen molar-refractivity contribution in [2.75, 3.05) is 6.61 Å². The quantitative estimate of drug-likeness (QED) is 0.210. The maximum absolute atomic E-state index is 15.6. The Balaban J connectivity index is 1.30. The van der Waals surface area contributed by atoms with Crippen LogP contribution in [0, 0.1) is 23.0 Å². The van der Waals surface area contributed by atoms with E-state index in [1.807, 2.05) is 26.8 Å². The van der Waals surface area contributed by atoms with Crippen LogP contribution in [0.5, 0.6) is 5.88 Å². The fourth-order valence-corrected chi connectivity index (χ4v) is 5.25. The van der Waals surface area contributed by atoms with Gasteiger partial charge in [0.1, 0.15) is 35.7 Å². The molecule has 12 heteroatoms. The number of pyridine rings is 3. The van der Waals surface area contributed by atoms with Gasteiger partial charge >= 0.3 is 5.97 Å². The van der Waals surface area contributed by atoms with Gasteiger partial charge in [-0.15, -0.1) is 0 Å². The lowest BCUT2D eigenvalue weighted by molar-refractivity contribution is -0.0590. The highest BCUT2D eigenvalue weighted by atomic mass is 19.1. The van der Waals surface area contributed by atoms with Gasteiger partial charge in [0, 0.05) is 30.9 Å². The second kappa shape index (κ2) is 12.3. The Morgan fingerprint density at radius 1 is 1.13 bits per heavy atom. The number of ether oxygens (including phenoxy) is 2. The van der Waals surface area contributed by atoms with Gasteiger partial charge in [-0.3, -0.25) is 4.98 Å². The molecule has 10 nitrogen and oxygen atoms in total. The molecule has 0 radical (unpaired) electrons. The molecule has 0 unspecified atom stereocenters. The van der Waals surface area contributed by atoms with E-state index in [9.17, 15) is 9.90 Å². The molecular formula is C34H30F2N6O4. The summed E-state index contributed by atoms with van der Waals surface area (Å²) in [7, 11) is 0. The SMILES string of the molecule is CC(C)(C)c1cc2nc(Cc3cc(F)c(-c4cccc(OCc5ccc(C#N)cn5)n4)cc3F)n(C[C@@H]3CCO3)c2nc1C(=O)O. The van der Waals surface area contributed by atoms with Gasteiger partial charge in [-0.05, 0) is 59.4 Å². The number of aromatic nitrogens is 5. The predicted octanol–water partition coefficient (Wildman–Crippen LogP) is 5.99. The van der Waals surface area contributed by atoms with Gasteiger partial charge < -0.3 is 19.1 Å². The maximum Gasteiger partial charge on any atom is 0.354 e. The highest BCUT2D eigenvalue weighted by molar-refractivity contribution is 5.91. The molecule has 1 aliphatic heterocycles. The summed E-state index contributed by atoms with van der Waals surface area (Å²) >= 11 is 0. The number of imidazole rings is 1. The van der Waals surface area contributed by atoms with E-state index < -0.39 is 23.0 Å². The number of carboxylic acids is 1. The molecular weight excluding hydrogens is 594 g/mol. The van der Waals surface area contributed by atoms with E-state index in [0.717, 1.165) is 18.6 Å². The average molecular weight is 625 g/mol. The first kappa shape index (κ1) is 30.7. The standard InChI is InChI=1S/C34H30F2N6O4/c1-34(2,3)24-14-28-32(41-31(24)33(43)44)42(17-22-9-10-45-22)29(39-28)12-20-11-26(36)23(13-25(20)35)27-5-4-6-30(40-27)46-18-21-8-7-19(15-37)16-38-21/h4-8,11,13-14,16,22H,9-10,12,17-18H2,1-3H3,(H,43,44)/t22-/m0/s1. The molecule has 5 heterocycles. The van der Waals surface area contributed by atoms with Crippen LogP contribution in [0.2, 0.25) is 0 Å². The molecule has 6 rings (SSSR count). The summed E-state index contributed by atoms with van der Waals surface area (Å²) in [5.41, 5.74) is 1.97. The van der Waals surface area contributed by atoms with Crippen molar-refractivity contribution >= 4 is 17.1 Å². The molecule has 1 aliphatic rings. The van der Waals surface area contributed by atoms with Gasteiger partial charge in [0.15, 0.2) is 11.3 Å². The van der Waals surface area contributed by atoms with Gasteiger partial charge in [0.05, 0.1) is 29.6 Å². The summed E-state index contributed by atoms with van der Waals surface area (Å²) < 4.78 is 44.3. The first-order valence-electron chi connectivity index (χ1n) is 14.7. The number of hydrogen-bond donors (Lipinski definition) is 1. The number of hydrogen-bond acceptors (Lipinski definition) is 8. The minimum Gasteiger partial charge on any atom is -0.477 e. The normalized spacial score (nSPS) is 14.6. The Labute approximate surface area is 263 Å². The molecule has 0 bridgehead atoms. The summed E-state index contributed by atoms with van der Waals surface area (Å²) in [5.74, 6) is -1.88. The van der Waals surface area contributed by atoms with E-state index in [0.29, 0.717) is 47.0 Å². The van der Waals surface area contributed by atoms with Crippen LogP contribution in [0.3, 0.4) is 0 Å². The Morgan fingerprint density at radius 2 is 1.93 bits per heavy atom. The van der Waals surface area contributed by atoms with Crippen molar-refractivity contribution in [3.8, 4) is 23.2 Å². The van der Waals surface area contributed by atoms with Crippen LogP contribution in [0.25, 0.3) is 22.4 Å². The first-order chi connectivity index (χ1) is 22.0. The fraction of sp³-hybridized carbons (Fsp3) is 0.294. The Kier molecular flexibility index (Phi) is 8.19. The van der Waals surface area contributed by atoms with Crippen molar-refractivity contribution in [1.82, 2.24) is 24.5 Å². The number of rotatable bonds is 9. The van der Waals surface area contributed by atoms with Gasteiger partial charge in [0.2, 0.25) is 5.88 Å².